The summed E-state index contributed by atoms with van der Waals surface area (Å²) in [6, 6.07) is 15.2. The smallest absolute Gasteiger partial charge is 0.306 e. The molecule has 0 radical (unpaired) electrons. The number of benzene rings is 2. The molecular weight excluding hydrogens is 346 g/mol. The van der Waals surface area contributed by atoms with E-state index in [-0.39, 0.29) is 37.0 Å². The van der Waals surface area contributed by atoms with Gasteiger partial charge in [-0.1, -0.05) is 42.5 Å². The lowest BCUT2D eigenvalue weighted by Gasteiger charge is -2.15. The van der Waals surface area contributed by atoms with Gasteiger partial charge in [-0.15, -0.1) is 0 Å². The molecule has 2 amide bonds. The lowest BCUT2D eigenvalue weighted by atomic mass is 10.1. The highest BCUT2D eigenvalue weighted by molar-refractivity contribution is 6.21. The number of ether oxygens (including phenoxy) is 1. The molecule has 3 rings (SSSR count). The average molecular weight is 365 g/mol. The Balaban J connectivity index is 1.48. The second-order valence-corrected chi connectivity index (χ2v) is 6.27. The molecule has 0 spiro atoms. The van der Waals surface area contributed by atoms with Gasteiger partial charge in [-0.05, 0) is 25.5 Å². The number of hydrogen-bond acceptors (Lipinski definition) is 5. The van der Waals surface area contributed by atoms with E-state index in [1.54, 1.807) is 54.6 Å². The molecule has 27 heavy (non-hydrogen) atoms. The third kappa shape index (κ3) is 3.95. The van der Waals surface area contributed by atoms with Gasteiger partial charge in [0, 0.05) is 18.5 Å². The highest BCUT2D eigenvalue weighted by Gasteiger charge is 2.34. The number of fused-ring (bicyclic) bond motifs is 1. The zero-order valence-electron chi connectivity index (χ0n) is 14.9. The molecular formula is C21H19NO5. The molecule has 1 aliphatic heterocycles. The first-order chi connectivity index (χ1) is 13.0. The van der Waals surface area contributed by atoms with E-state index < -0.39 is 12.1 Å². The molecule has 1 atom stereocenters. The largest absolute Gasteiger partial charge is 0.454 e. The first kappa shape index (κ1) is 18.5. The molecule has 138 valence electrons. The van der Waals surface area contributed by atoms with Crippen molar-refractivity contribution in [2.24, 2.45) is 0 Å². The summed E-state index contributed by atoms with van der Waals surface area (Å²) in [5, 5.41) is 0. The maximum absolute atomic E-state index is 12.3. The first-order valence-corrected chi connectivity index (χ1v) is 8.73. The van der Waals surface area contributed by atoms with Crippen LogP contribution in [0.5, 0.6) is 0 Å². The molecule has 0 N–H and O–H groups in total. The molecule has 2 aromatic carbocycles. The van der Waals surface area contributed by atoms with Gasteiger partial charge in [0.1, 0.15) is 0 Å². The predicted molar refractivity (Wildman–Crippen MR) is 97.4 cm³/mol. The number of hydrogen-bond donors (Lipinski definition) is 0. The van der Waals surface area contributed by atoms with Crippen molar-refractivity contribution < 1.29 is 23.9 Å². The van der Waals surface area contributed by atoms with Crippen molar-refractivity contribution in [3.05, 3.63) is 71.3 Å². The number of Topliss-reactive ketones (excluding diaryl/α,β-unsaturated/α-hetero) is 1. The van der Waals surface area contributed by atoms with E-state index in [1.807, 2.05) is 0 Å². The number of carbonyl (C=O) groups is 4. The topological polar surface area (TPSA) is 80.8 Å². The Labute approximate surface area is 156 Å². The Kier molecular flexibility index (Phi) is 5.45. The molecule has 2 aromatic rings. The summed E-state index contributed by atoms with van der Waals surface area (Å²) >= 11 is 0. The van der Waals surface area contributed by atoms with E-state index in [0.717, 1.165) is 4.90 Å². The van der Waals surface area contributed by atoms with Crippen LogP contribution < -0.4 is 0 Å². The van der Waals surface area contributed by atoms with Crippen LogP contribution in [0, 0.1) is 0 Å². The predicted octanol–water partition coefficient (Wildman–Crippen LogP) is 2.88. The minimum atomic E-state index is -0.890. The van der Waals surface area contributed by atoms with Crippen LogP contribution in [0.2, 0.25) is 0 Å². The zero-order chi connectivity index (χ0) is 19.4. The van der Waals surface area contributed by atoms with Gasteiger partial charge < -0.3 is 4.74 Å². The Hall–Kier alpha value is -3.28. The molecule has 6 nitrogen and oxygen atoms in total. The molecule has 6 heteroatoms. The third-order valence-electron chi connectivity index (χ3n) is 4.38. The van der Waals surface area contributed by atoms with E-state index >= 15 is 0 Å². The number of nitrogens with zero attached hydrogens (tertiary/aromatic N) is 1. The first-order valence-electron chi connectivity index (χ1n) is 8.73. The van der Waals surface area contributed by atoms with Gasteiger partial charge in [0.15, 0.2) is 6.10 Å². The van der Waals surface area contributed by atoms with Crippen molar-refractivity contribution in [3.8, 4) is 0 Å². The van der Waals surface area contributed by atoms with Crippen LogP contribution in [-0.2, 0) is 9.53 Å². The summed E-state index contributed by atoms with van der Waals surface area (Å²) in [4.78, 5) is 49.8. The van der Waals surface area contributed by atoms with Crippen molar-refractivity contribution in [1.29, 1.82) is 0 Å². The van der Waals surface area contributed by atoms with Crippen molar-refractivity contribution in [2.45, 2.75) is 25.9 Å². The van der Waals surface area contributed by atoms with E-state index in [1.165, 1.54) is 6.92 Å². The molecule has 0 fully saturated rings. The molecule has 0 aromatic heterocycles. The number of rotatable bonds is 7. The lowest BCUT2D eigenvalue weighted by Crippen LogP contribution is -2.31. The highest BCUT2D eigenvalue weighted by atomic mass is 16.5. The van der Waals surface area contributed by atoms with Crippen LogP contribution in [-0.4, -0.2) is 41.1 Å². The summed E-state index contributed by atoms with van der Waals surface area (Å²) in [6.07, 6.45) is -0.602. The summed E-state index contributed by atoms with van der Waals surface area (Å²) in [7, 11) is 0. The van der Waals surface area contributed by atoms with Crippen LogP contribution in [0.4, 0.5) is 0 Å². The summed E-state index contributed by atoms with van der Waals surface area (Å²) in [6.45, 7) is 1.65. The molecule has 1 aliphatic rings. The quantitative estimate of drug-likeness (QED) is 0.428. The maximum Gasteiger partial charge on any atom is 0.306 e. The number of ketones is 1. The van der Waals surface area contributed by atoms with Crippen molar-refractivity contribution in [3.63, 3.8) is 0 Å². The zero-order valence-corrected chi connectivity index (χ0v) is 14.9. The molecule has 0 aliphatic carbocycles. The van der Waals surface area contributed by atoms with Crippen LogP contribution >= 0.6 is 0 Å². The summed E-state index contributed by atoms with van der Waals surface area (Å²) in [5.74, 6) is -1.51. The van der Waals surface area contributed by atoms with Gasteiger partial charge >= 0.3 is 5.97 Å². The van der Waals surface area contributed by atoms with Crippen molar-refractivity contribution in [1.82, 2.24) is 4.90 Å². The maximum atomic E-state index is 12.3. The van der Waals surface area contributed by atoms with E-state index in [4.69, 9.17) is 4.74 Å². The number of amides is 2. The van der Waals surface area contributed by atoms with Gasteiger partial charge in [0.25, 0.3) is 11.8 Å². The van der Waals surface area contributed by atoms with Crippen molar-refractivity contribution >= 4 is 23.6 Å². The van der Waals surface area contributed by atoms with Crippen LogP contribution in [0.25, 0.3) is 0 Å². The fourth-order valence-electron chi connectivity index (χ4n) is 2.97. The fourth-order valence-corrected chi connectivity index (χ4v) is 2.97. The second kappa shape index (κ2) is 7.95. The molecule has 0 bridgehead atoms. The second-order valence-electron chi connectivity index (χ2n) is 6.27. The third-order valence-corrected chi connectivity index (χ3v) is 4.38. The summed E-state index contributed by atoms with van der Waals surface area (Å²) < 4.78 is 5.17. The van der Waals surface area contributed by atoms with Gasteiger partial charge in [0.05, 0.1) is 11.1 Å². The Morgan fingerprint density at radius 1 is 0.926 bits per heavy atom. The monoisotopic (exact) mass is 365 g/mol. The van der Waals surface area contributed by atoms with Gasteiger partial charge in [0.2, 0.25) is 5.78 Å². The number of imide groups is 1. The minimum absolute atomic E-state index is 0.0137. The number of esters is 1. The fraction of sp³-hybridized carbons (Fsp3) is 0.238. The molecule has 0 saturated carbocycles. The van der Waals surface area contributed by atoms with Gasteiger partial charge in [-0.3, -0.25) is 24.1 Å². The Morgan fingerprint density at radius 2 is 1.48 bits per heavy atom. The Bertz CT molecular complexity index is 855. The number of carbonyl (C=O) groups excluding carboxylic acids is 4. The van der Waals surface area contributed by atoms with Gasteiger partial charge in [-0.25, -0.2) is 0 Å². The lowest BCUT2D eigenvalue weighted by molar-refractivity contribution is -0.146. The summed E-state index contributed by atoms with van der Waals surface area (Å²) in [5.41, 5.74) is 1.24. The molecule has 0 unspecified atom stereocenters. The average Bonchev–Trinajstić information content (AvgIpc) is 2.93. The molecule has 1 heterocycles. The van der Waals surface area contributed by atoms with E-state index in [9.17, 15) is 19.2 Å². The SMILES string of the molecule is C[C@H](OC(=O)CCCN1C(=O)c2ccccc2C1=O)C(=O)c1ccccc1. The van der Waals surface area contributed by atoms with Crippen LogP contribution in [0.15, 0.2) is 54.6 Å². The Morgan fingerprint density at radius 3 is 2.07 bits per heavy atom. The standard InChI is InChI=1S/C21H19NO5/c1-14(19(24)15-8-3-2-4-9-15)27-18(23)12-7-13-22-20(25)16-10-5-6-11-17(16)21(22)26/h2-6,8-11,14H,7,12-13H2,1H3/t14-/m0/s1. The minimum Gasteiger partial charge on any atom is -0.454 e. The van der Waals surface area contributed by atoms with Crippen LogP contribution in [0.3, 0.4) is 0 Å². The molecule has 0 saturated heterocycles. The van der Waals surface area contributed by atoms with Gasteiger partial charge in [-0.2, -0.15) is 0 Å². The highest BCUT2D eigenvalue weighted by Crippen LogP contribution is 2.22. The van der Waals surface area contributed by atoms with E-state index in [0.29, 0.717) is 16.7 Å². The van der Waals surface area contributed by atoms with Crippen molar-refractivity contribution in [2.75, 3.05) is 6.54 Å². The van der Waals surface area contributed by atoms with E-state index in [2.05, 4.69) is 0 Å². The van der Waals surface area contributed by atoms with Crippen LogP contribution in [0.1, 0.15) is 50.8 Å². The normalized spacial score (nSPS) is 14.0.